The van der Waals surface area contributed by atoms with Gasteiger partial charge in [0, 0.05) is 13.1 Å². The number of hydrogen-bond acceptors (Lipinski definition) is 5. The van der Waals surface area contributed by atoms with Crippen molar-refractivity contribution in [1.82, 2.24) is 10.3 Å². The zero-order valence-corrected chi connectivity index (χ0v) is 16.8. The molecule has 1 unspecified atom stereocenters. The van der Waals surface area contributed by atoms with Gasteiger partial charge in [0.25, 0.3) is 0 Å². The van der Waals surface area contributed by atoms with Crippen molar-refractivity contribution in [2.45, 2.75) is 19.4 Å². The Morgan fingerprint density at radius 2 is 1.67 bits per heavy atom. The maximum Gasteiger partial charge on any atom is 0.243 e. The predicted molar refractivity (Wildman–Crippen MR) is 114 cm³/mol. The zero-order chi connectivity index (χ0) is 21.3. The normalized spacial score (nSPS) is 11.3. The van der Waals surface area contributed by atoms with Crippen LogP contribution in [0.15, 0.2) is 72.9 Å². The lowest BCUT2D eigenvalue weighted by molar-refractivity contribution is -0.120. The molecule has 3 rings (SSSR count). The SMILES string of the molecule is COc1ccc(Oc2ncccc2NC(=O)CC(NC(C)=O)c2ccccc2)cc1. The number of amides is 2. The van der Waals surface area contributed by atoms with Crippen molar-refractivity contribution in [2.75, 3.05) is 12.4 Å². The fourth-order valence-corrected chi connectivity index (χ4v) is 2.89. The summed E-state index contributed by atoms with van der Waals surface area (Å²) in [5.74, 6) is 1.06. The number of rotatable bonds is 8. The first kappa shape index (κ1) is 20.9. The van der Waals surface area contributed by atoms with Gasteiger partial charge in [-0.05, 0) is 42.0 Å². The van der Waals surface area contributed by atoms with E-state index in [1.54, 1.807) is 49.7 Å². The lowest BCUT2D eigenvalue weighted by Gasteiger charge is -2.18. The van der Waals surface area contributed by atoms with Crippen LogP contribution in [0.25, 0.3) is 0 Å². The number of aromatic nitrogens is 1. The Kier molecular flexibility index (Phi) is 7.00. The number of pyridine rings is 1. The highest BCUT2D eigenvalue weighted by Crippen LogP contribution is 2.28. The van der Waals surface area contributed by atoms with Crippen molar-refractivity contribution in [3.05, 3.63) is 78.5 Å². The van der Waals surface area contributed by atoms with Gasteiger partial charge in [-0.15, -0.1) is 0 Å². The van der Waals surface area contributed by atoms with Crippen LogP contribution in [0.1, 0.15) is 24.9 Å². The molecule has 0 saturated carbocycles. The Balaban J connectivity index is 1.71. The zero-order valence-electron chi connectivity index (χ0n) is 16.8. The number of nitrogens with zero attached hydrogens (tertiary/aromatic N) is 1. The Labute approximate surface area is 175 Å². The second-order valence-electron chi connectivity index (χ2n) is 6.55. The second kappa shape index (κ2) is 10.1. The van der Waals surface area contributed by atoms with Gasteiger partial charge in [-0.3, -0.25) is 9.59 Å². The van der Waals surface area contributed by atoms with E-state index in [1.165, 1.54) is 6.92 Å². The Morgan fingerprint density at radius 1 is 0.967 bits per heavy atom. The minimum Gasteiger partial charge on any atom is -0.497 e. The van der Waals surface area contributed by atoms with E-state index in [1.807, 2.05) is 30.3 Å². The number of ether oxygens (including phenoxy) is 2. The number of nitrogens with one attached hydrogen (secondary N) is 2. The monoisotopic (exact) mass is 405 g/mol. The van der Waals surface area contributed by atoms with Crippen molar-refractivity contribution < 1.29 is 19.1 Å². The molecule has 0 radical (unpaired) electrons. The molecule has 0 fully saturated rings. The van der Waals surface area contributed by atoms with E-state index in [9.17, 15) is 9.59 Å². The standard InChI is InChI=1S/C23H23N3O4/c1-16(27)25-21(17-7-4-3-5-8-17)15-22(28)26-20-9-6-14-24-23(20)30-19-12-10-18(29-2)11-13-19/h3-14,21H,15H2,1-2H3,(H,25,27)(H,26,28). The van der Waals surface area contributed by atoms with Gasteiger partial charge in [0.2, 0.25) is 17.7 Å². The van der Waals surface area contributed by atoms with Gasteiger partial charge in [0.1, 0.15) is 17.2 Å². The topological polar surface area (TPSA) is 89.6 Å². The van der Waals surface area contributed by atoms with Crippen molar-refractivity contribution in [3.8, 4) is 17.4 Å². The summed E-state index contributed by atoms with van der Waals surface area (Å²) >= 11 is 0. The van der Waals surface area contributed by atoms with Gasteiger partial charge in [0.05, 0.1) is 19.6 Å². The molecule has 0 spiro atoms. The molecular formula is C23H23N3O4. The fourth-order valence-electron chi connectivity index (χ4n) is 2.89. The number of methoxy groups -OCH3 is 1. The molecule has 154 valence electrons. The summed E-state index contributed by atoms with van der Waals surface area (Å²) in [6.45, 7) is 1.43. The van der Waals surface area contributed by atoms with Gasteiger partial charge in [-0.1, -0.05) is 30.3 Å². The van der Waals surface area contributed by atoms with Crippen LogP contribution in [0.3, 0.4) is 0 Å². The second-order valence-corrected chi connectivity index (χ2v) is 6.55. The molecule has 3 aromatic rings. The van der Waals surface area contributed by atoms with Crippen molar-refractivity contribution in [2.24, 2.45) is 0 Å². The number of carbonyl (C=O) groups is 2. The van der Waals surface area contributed by atoms with Crippen LogP contribution in [-0.4, -0.2) is 23.9 Å². The van der Waals surface area contributed by atoms with Crippen LogP contribution in [0.5, 0.6) is 17.4 Å². The van der Waals surface area contributed by atoms with Crippen LogP contribution in [0.4, 0.5) is 5.69 Å². The summed E-state index contributed by atoms with van der Waals surface area (Å²) in [4.78, 5) is 28.5. The first-order chi connectivity index (χ1) is 14.5. The molecule has 1 heterocycles. The summed E-state index contributed by atoms with van der Waals surface area (Å²) in [7, 11) is 1.59. The van der Waals surface area contributed by atoms with E-state index in [2.05, 4.69) is 15.6 Å². The molecule has 1 aromatic heterocycles. The van der Waals surface area contributed by atoms with Crippen LogP contribution < -0.4 is 20.1 Å². The smallest absolute Gasteiger partial charge is 0.243 e. The number of benzene rings is 2. The first-order valence-corrected chi connectivity index (χ1v) is 9.44. The molecule has 7 nitrogen and oxygen atoms in total. The highest BCUT2D eigenvalue weighted by atomic mass is 16.5. The van der Waals surface area contributed by atoms with Gasteiger partial charge in [0.15, 0.2) is 0 Å². The van der Waals surface area contributed by atoms with Crippen molar-refractivity contribution in [1.29, 1.82) is 0 Å². The first-order valence-electron chi connectivity index (χ1n) is 9.44. The molecule has 2 aromatic carbocycles. The summed E-state index contributed by atoms with van der Waals surface area (Å²) in [6, 6.07) is 19.4. The average Bonchev–Trinajstić information content (AvgIpc) is 2.75. The van der Waals surface area contributed by atoms with E-state index in [4.69, 9.17) is 9.47 Å². The summed E-state index contributed by atoms with van der Waals surface area (Å²) in [6.07, 6.45) is 1.65. The molecule has 0 bridgehead atoms. The lowest BCUT2D eigenvalue weighted by Crippen LogP contribution is -2.29. The van der Waals surface area contributed by atoms with E-state index in [-0.39, 0.29) is 24.1 Å². The van der Waals surface area contributed by atoms with E-state index in [0.29, 0.717) is 17.2 Å². The van der Waals surface area contributed by atoms with E-state index in [0.717, 1.165) is 5.56 Å². The lowest BCUT2D eigenvalue weighted by atomic mass is 10.0. The predicted octanol–water partition coefficient (Wildman–Crippen LogP) is 4.09. The van der Waals surface area contributed by atoms with Gasteiger partial charge in [-0.2, -0.15) is 0 Å². The maximum absolute atomic E-state index is 12.7. The minimum atomic E-state index is -0.439. The number of carbonyl (C=O) groups excluding carboxylic acids is 2. The summed E-state index contributed by atoms with van der Waals surface area (Å²) in [5, 5.41) is 5.64. The molecule has 2 amide bonds. The molecular weight excluding hydrogens is 382 g/mol. The third-order valence-corrected chi connectivity index (χ3v) is 4.29. The van der Waals surface area contributed by atoms with Crippen molar-refractivity contribution in [3.63, 3.8) is 0 Å². The average molecular weight is 405 g/mol. The molecule has 7 heteroatoms. The maximum atomic E-state index is 12.7. The van der Waals surface area contributed by atoms with Crippen molar-refractivity contribution >= 4 is 17.5 Å². The Bertz CT molecular complexity index is 991. The molecule has 0 aliphatic heterocycles. The fraction of sp³-hybridized carbons (Fsp3) is 0.174. The van der Waals surface area contributed by atoms with Crippen LogP contribution in [0.2, 0.25) is 0 Å². The molecule has 0 aliphatic carbocycles. The summed E-state index contributed by atoms with van der Waals surface area (Å²) in [5.41, 5.74) is 1.29. The third-order valence-electron chi connectivity index (χ3n) is 4.29. The van der Waals surface area contributed by atoms with Crippen LogP contribution in [-0.2, 0) is 9.59 Å². The number of anilines is 1. The van der Waals surface area contributed by atoms with Gasteiger partial charge in [-0.25, -0.2) is 4.98 Å². The molecule has 0 aliphatic rings. The van der Waals surface area contributed by atoms with Crippen LogP contribution in [0, 0.1) is 0 Å². The largest absolute Gasteiger partial charge is 0.497 e. The van der Waals surface area contributed by atoms with Gasteiger partial charge < -0.3 is 20.1 Å². The summed E-state index contributed by atoms with van der Waals surface area (Å²) < 4.78 is 11.0. The Hall–Kier alpha value is -3.87. The van der Waals surface area contributed by atoms with E-state index >= 15 is 0 Å². The third kappa shape index (κ3) is 5.81. The molecule has 0 saturated heterocycles. The molecule has 2 N–H and O–H groups in total. The highest BCUT2D eigenvalue weighted by Gasteiger charge is 2.18. The van der Waals surface area contributed by atoms with Gasteiger partial charge >= 0.3 is 0 Å². The molecule has 30 heavy (non-hydrogen) atoms. The number of hydrogen-bond donors (Lipinski definition) is 2. The van der Waals surface area contributed by atoms with Crippen LogP contribution >= 0.6 is 0 Å². The Morgan fingerprint density at radius 3 is 2.33 bits per heavy atom. The minimum absolute atomic E-state index is 0.0699. The quantitative estimate of drug-likeness (QED) is 0.589. The van der Waals surface area contributed by atoms with E-state index < -0.39 is 6.04 Å². The highest BCUT2D eigenvalue weighted by molar-refractivity contribution is 5.92. The molecule has 1 atom stereocenters.